The van der Waals surface area contributed by atoms with Crippen LogP contribution in [0.1, 0.15) is 27.0 Å². The summed E-state index contributed by atoms with van der Waals surface area (Å²) in [4.78, 5) is 13.3. The van der Waals surface area contributed by atoms with E-state index in [1.54, 1.807) is 6.07 Å². The van der Waals surface area contributed by atoms with Crippen molar-refractivity contribution < 1.29 is 9.90 Å². The molecule has 0 aliphatic carbocycles. The van der Waals surface area contributed by atoms with Crippen molar-refractivity contribution in [2.45, 2.75) is 12.5 Å². The van der Waals surface area contributed by atoms with Gasteiger partial charge in [-0.2, -0.15) is 0 Å². The van der Waals surface area contributed by atoms with Crippen molar-refractivity contribution in [3.05, 3.63) is 138 Å². The molecule has 0 saturated heterocycles. The Bertz CT molecular complexity index is 1350. The zero-order valence-corrected chi connectivity index (χ0v) is 20.5. The predicted octanol–water partition coefficient (Wildman–Crippen LogP) is 5.30. The summed E-state index contributed by atoms with van der Waals surface area (Å²) in [5, 5.41) is 21.2. The Balaban J connectivity index is 1.56. The van der Waals surface area contributed by atoms with Gasteiger partial charge < -0.3 is 16.2 Å². The van der Waals surface area contributed by atoms with Crippen LogP contribution in [0.15, 0.2) is 115 Å². The molecule has 5 heteroatoms. The number of rotatable bonds is 10. The molecular weight excluding hydrogens is 458 g/mol. The molecule has 2 unspecified atom stereocenters. The third-order valence-corrected chi connectivity index (χ3v) is 6.33. The summed E-state index contributed by atoms with van der Waals surface area (Å²) in [7, 11) is 0. The molecule has 0 aliphatic rings. The number of hydrogen-bond donors (Lipinski definition) is 4. The van der Waals surface area contributed by atoms with E-state index in [-0.39, 0.29) is 24.3 Å². The van der Waals surface area contributed by atoms with E-state index in [2.05, 4.69) is 5.32 Å². The lowest BCUT2D eigenvalue weighted by atomic mass is 9.91. The van der Waals surface area contributed by atoms with Gasteiger partial charge in [0.15, 0.2) is 0 Å². The monoisotopic (exact) mass is 489 g/mol. The van der Waals surface area contributed by atoms with Crippen LogP contribution in [0, 0.1) is 11.3 Å². The molecule has 0 aromatic heterocycles. The Labute approximate surface area is 217 Å². The summed E-state index contributed by atoms with van der Waals surface area (Å²) in [6.07, 6.45) is 4.40. The summed E-state index contributed by atoms with van der Waals surface area (Å²) in [6, 6.07) is 34.4. The number of benzene rings is 4. The van der Waals surface area contributed by atoms with E-state index in [1.807, 2.05) is 115 Å². The first kappa shape index (κ1) is 25.6. The normalized spacial score (nSPS) is 12.7. The van der Waals surface area contributed by atoms with Crippen molar-refractivity contribution >= 4 is 17.8 Å². The molecule has 1 amide bonds. The lowest BCUT2D eigenvalue weighted by Crippen LogP contribution is -2.41. The molecule has 0 heterocycles. The quantitative estimate of drug-likeness (QED) is 0.180. The molecule has 0 radical (unpaired) electrons. The molecule has 2 atom stereocenters. The van der Waals surface area contributed by atoms with Crippen molar-refractivity contribution in [3.8, 4) is 11.1 Å². The zero-order valence-electron chi connectivity index (χ0n) is 20.5. The molecular formula is C32H31N3O2. The van der Waals surface area contributed by atoms with Crippen LogP contribution < -0.4 is 11.1 Å². The molecule has 0 saturated carbocycles. The van der Waals surface area contributed by atoms with E-state index >= 15 is 0 Å². The summed E-state index contributed by atoms with van der Waals surface area (Å²) in [6.45, 7) is -0.124. The Morgan fingerprint density at radius 2 is 1.49 bits per heavy atom. The zero-order chi connectivity index (χ0) is 26.0. The maximum absolute atomic E-state index is 13.3. The number of aliphatic hydroxyl groups excluding tert-OH is 1. The smallest absolute Gasteiger partial charge is 0.251 e. The van der Waals surface area contributed by atoms with Crippen LogP contribution >= 0.6 is 0 Å². The fourth-order valence-electron chi connectivity index (χ4n) is 4.26. The fraction of sp³-hybridized carbons (Fsp3) is 0.125. The molecule has 4 aromatic rings. The second-order valence-corrected chi connectivity index (χ2v) is 8.97. The molecule has 186 valence electrons. The van der Waals surface area contributed by atoms with Gasteiger partial charge in [0.25, 0.3) is 5.91 Å². The number of amides is 1. The lowest BCUT2D eigenvalue weighted by molar-refractivity contribution is 0.0921. The van der Waals surface area contributed by atoms with Crippen LogP contribution in [0.4, 0.5) is 0 Å². The van der Waals surface area contributed by atoms with E-state index in [0.717, 1.165) is 22.3 Å². The summed E-state index contributed by atoms with van der Waals surface area (Å²) in [5.74, 6) is -0.497. The molecule has 0 spiro atoms. The molecule has 0 aliphatic heterocycles. The molecule has 5 nitrogen and oxygen atoms in total. The maximum atomic E-state index is 13.3. The standard InChI is InChI=1S/C32H31N3O2/c33-31(34)28-13-7-10-24(20-28)21-29(22-36)30(19-14-23-8-3-1-4-9-23)35-32(37)27-17-15-26(16-18-27)25-11-5-2-6-12-25/h1-20,29-30,36H,21-22H2,(H3,33,34)(H,35,37)/b19-14+. The van der Waals surface area contributed by atoms with Gasteiger partial charge in [-0.05, 0) is 46.9 Å². The molecule has 4 rings (SSSR count). The summed E-state index contributed by atoms with van der Waals surface area (Å²) in [5.41, 5.74) is 10.9. The van der Waals surface area contributed by atoms with E-state index in [9.17, 15) is 9.90 Å². The van der Waals surface area contributed by atoms with Gasteiger partial charge in [-0.25, -0.2) is 0 Å². The van der Waals surface area contributed by atoms with Crippen LogP contribution in [-0.2, 0) is 6.42 Å². The van der Waals surface area contributed by atoms with Gasteiger partial charge in [0, 0.05) is 23.7 Å². The number of amidine groups is 1. The van der Waals surface area contributed by atoms with Gasteiger partial charge in [0.1, 0.15) is 5.84 Å². The predicted molar refractivity (Wildman–Crippen MR) is 150 cm³/mol. The first-order valence-corrected chi connectivity index (χ1v) is 12.3. The largest absolute Gasteiger partial charge is 0.396 e. The topological polar surface area (TPSA) is 99.2 Å². The van der Waals surface area contributed by atoms with Crippen LogP contribution in [0.25, 0.3) is 17.2 Å². The van der Waals surface area contributed by atoms with E-state index < -0.39 is 6.04 Å². The Kier molecular flexibility index (Phi) is 8.63. The maximum Gasteiger partial charge on any atom is 0.251 e. The third-order valence-electron chi connectivity index (χ3n) is 6.33. The Morgan fingerprint density at radius 1 is 0.838 bits per heavy atom. The van der Waals surface area contributed by atoms with Crippen molar-refractivity contribution in [2.24, 2.45) is 11.7 Å². The van der Waals surface area contributed by atoms with E-state index in [0.29, 0.717) is 17.5 Å². The van der Waals surface area contributed by atoms with Gasteiger partial charge >= 0.3 is 0 Å². The van der Waals surface area contributed by atoms with Crippen LogP contribution in [0.2, 0.25) is 0 Å². The van der Waals surface area contributed by atoms with Crippen molar-refractivity contribution in [3.63, 3.8) is 0 Å². The molecule has 5 N–H and O–H groups in total. The van der Waals surface area contributed by atoms with Crippen molar-refractivity contribution in [1.29, 1.82) is 5.41 Å². The highest BCUT2D eigenvalue weighted by Gasteiger charge is 2.22. The second-order valence-electron chi connectivity index (χ2n) is 8.97. The van der Waals surface area contributed by atoms with E-state index in [1.165, 1.54) is 0 Å². The summed E-state index contributed by atoms with van der Waals surface area (Å²) >= 11 is 0. The number of nitrogen functional groups attached to an aromatic ring is 1. The average molecular weight is 490 g/mol. The average Bonchev–Trinajstić information content (AvgIpc) is 2.95. The number of aliphatic hydroxyl groups is 1. The number of nitrogens with two attached hydrogens (primary N) is 1. The Morgan fingerprint density at radius 3 is 2.14 bits per heavy atom. The summed E-state index contributed by atoms with van der Waals surface area (Å²) < 4.78 is 0. The second kappa shape index (κ2) is 12.5. The minimum absolute atomic E-state index is 0.00447. The Hall–Kier alpha value is -4.48. The molecule has 0 fully saturated rings. The fourth-order valence-corrected chi connectivity index (χ4v) is 4.26. The molecule has 0 bridgehead atoms. The first-order chi connectivity index (χ1) is 18.0. The third kappa shape index (κ3) is 7.03. The van der Waals surface area contributed by atoms with Crippen molar-refractivity contribution in [2.75, 3.05) is 6.61 Å². The first-order valence-electron chi connectivity index (χ1n) is 12.3. The highest BCUT2D eigenvalue weighted by atomic mass is 16.3. The highest BCUT2D eigenvalue weighted by molar-refractivity contribution is 5.95. The van der Waals surface area contributed by atoms with E-state index in [4.69, 9.17) is 11.1 Å². The minimum Gasteiger partial charge on any atom is -0.396 e. The van der Waals surface area contributed by atoms with Crippen LogP contribution in [0.5, 0.6) is 0 Å². The SMILES string of the molecule is N=C(N)c1cccc(CC(CO)C(/C=C/c2ccccc2)NC(=O)c2ccc(-c3ccccc3)cc2)c1. The van der Waals surface area contributed by atoms with Gasteiger partial charge in [0.2, 0.25) is 0 Å². The number of nitrogens with one attached hydrogen (secondary N) is 2. The molecule has 37 heavy (non-hydrogen) atoms. The number of carbonyl (C=O) groups is 1. The van der Waals surface area contributed by atoms with Gasteiger partial charge in [0.05, 0.1) is 6.04 Å². The minimum atomic E-state index is -0.424. The highest BCUT2D eigenvalue weighted by Crippen LogP contribution is 2.20. The van der Waals surface area contributed by atoms with Gasteiger partial charge in [-0.1, -0.05) is 103 Å². The van der Waals surface area contributed by atoms with Crippen LogP contribution in [0.3, 0.4) is 0 Å². The molecule has 4 aromatic carbocycles. The van der Waals surface area contributed by atoms with Gasteiger partial charge in [-0.3, -0.25) is 10.2 Å². The number of hydrogen-bond acceptors (Lipinski definition) is 3. The van der Waals surface area contributed by atoms with Gasteiger partial charge in [-0.15, -0.1) is 0 Å². The van der Waals surface area contributed by atoms with Crippen LogP contribution in [-0.4, -0.2) is 29.5 Å². The lowest BCUT2D eigenvalue weighted by Gasteiger charge is -2.25. The van der Waals surface area contributed by atoms with Crippen molar-refractivity contribution in [1.82, 2.24) is 5.32 Å². The number of carbonyl (C=O) groups excluding carboxylic acids is 1.